The standard InChI is InChI=1S/C14H16N2O.C13H16ClNO.C13H16FNO.C13H14N2O.C13H17NO.C12H14ClNO.C12H14FNO.C12H15NO.8C3H8/c1-11(2)9-14(17)16(4)10-12-5-7-13(15-3)8-6-12;2*1-10(2)8-13(16)15(3)9-11-4-6-12(14)7-5-11;1-10(2)8-13(16)15-9-11-4-6-12(14-3)7-5-11;1-11(2)9-13(15)14(3)10-12-7-5-4-6-8-12;2*1-9(2)7-12(15)14-8-10-3-5-11(13)6-4-10;1-10(2)8-12(14)13-9-11-6-4-3-5-7-11;8*1-3-2/h5-9H,10H2,1-2,4H3;2*4-8H,9H2,1-3H3;4-8H,9H2,1-2H3,(H,15,16);4-9H,10H2,1-3H3;2*3-7H,8H2,1-2H3,(H,14,15);3-8H,9H2,1-2H3,(H,13,14);8*3H2,1-2H3. The highest BCUT2D eigenvalue weighted by molar-refractivity contribution is 6.30. The van der Waals surface area contributed by atoms with E-state index in [0.29, 0.717) is 73.8 Å². The Morgan fingerprint density at radius 3 is 0.581 bits per heavy atom. The summed E-state index contributed by atoms with van der Waals surface area (Å²) in [6, 6.07) is 61.4. The maximum Gasteiger partial charge on any atom is 0.246 e. The van der Waals surface area contributed by atoms with Crippen LogP contribution in [0, 0.1) is 24.8 Å². The highest BCUT2D eigenvalue weighted by Gasteiger charge is 2.11. The second-order valence-electron chi connectivity index (χ2n) is 36.1. The molecule has 22 heteroatoms. The molecule has 0 saturated carbocycles. The number of nitrogens with one attached hydrogen (secondary N) is 4. The molecular weight excluding hydrogens is 1890 g/mol. The van der Waals surface area contributed by atoms with Crippen LogP contribution in [0.2, 0.25) is 10.0 Å². The zero-order valence-electron chi connectivity index (χ0n) is 97.0. The SMILES string of the molecule is CC(C)=CC(=O)N(C)Cc1ccc(Cl)cc1.CC(C)=CC(=O)N(C)Cc1ccc(F)cc1.CC(C)=CC(=O)N(C)Cc1ccccc1.CC(C)=CC(=O)NCc1ccc(Cl)cc1.CC(C)=CC(=O)NCc1ccc(F)cc1.CC(C)=CC(=O)NCc1ccccc1.CCC.CCC.CCC.CCC.CCC.CCC.CCC.CCC.[C-]#[N+]c1ccc(CN(C)C(=O)C=C(C)C)cc1.[C-]#[N+]c1ccc(CNC(=O)C=C(C)C)cc1. The van der Waals surface area contributed by atoms with E-state index in [9.17, 15) is 47.1 Å². The third kappa shape index (κ3) is 102. The van der Waals surface area contributed by atoms with Crippen LogP contribution in [-0.2, 0) is 90.7 Å². The van der Waals surface area contributed by atoms with Gasteiger partial charge in [-0.3, -0.25) is 38.4 Å². The van der Waals surface area contributed by atoms with Crippen LogP contribution in [0.25, 0.3) is 9.69 Å². The minimum Gasteiger partial charge on any atom is -0.348 e. The summed E-state index contributed by atoms with van der Waals surface area (Å²) in [7, 11) is 7.10. The smallest absolute Gasteiger partial charge is 0.246 e. The van der Waals surface area contributed by atoms with Gasteiger partial charge >= 0.3 is 0 Å². The number of likely N-dealkylation sites (N-methyl/N-ethyl adjacent to an activating group) is 4. The third-order valence-electron chi connectivity index (χ3n) is 15.8. The molecular formula is C126H186Cl2F2N10O8. The molecule has 8 amide bonds. The van der Waals surface area contributed by atoms with E-state index in [2.05, 4.69) is 142 Å². The molecule has 0 aliphatic heterocycles. The zero-order valence-corrected chi connectivity index (χ0v) is 98.5. The van der Waals surface area contributed by atoms with Gasteiger partial charge in [-0.05, 0) is 204 Å². The van der Waals surface area contributed by atoms with Crippen LogP contribution in [0.3, 0.4) is 0 Å². The molecule has 0 unspecified atom stereocenters. The van der Waals surface area contributed by atoms with Gasteiger partial charge in [-0.15, -0.1) is 0 Å². The summed E-state index contributed by atoms with van der Waals surface area (Å²) in [6.45, 7) is 82.3. The quantitative estimate of drug-likeness (QED) is 0.0337. The molecule has 0 radical (unpaired) electrons. The summed E-state index contributed by atoms with van der Waals surface area (Å²) in [5.74, 6) is -0.804. The number of carbonyl (C=O) groups excluding carboxylic acids is 8. The number of benzene rings is 8. The van der Waals surface area contributed by atoms with E-state index in [4.69, 9.17) is 36.3 Å². The monoisotopic (exact) mass is 2080 g/mol. The van der Waals surface area contributed by atoms with Gasteiger partial charge in [0.05, 0.1) is 13.1 Å². The lowest BCUT2D eigenvalue weighted by molar-refractivity contribution is -0.126. The lowest BCUT2D eigenvalue weighted by Gasteiger charge is -2.15. The van der Waals surface area contributed by atoms with Crippen LogP contribution < -0.4 is 21.3 Å². The van der Waals surface area contributed by atoms with E-state index in [1.807, 2.05) is 251 Å². The number of allylic oxidation sites excluding steroid dienone is 8. The molecule has 148 heavy (non-hydrogen) atoms. The average molecular weight is 2080 g/mol. The predicted octanol–water partition coefficient (Wildman–Crippen LogP) is 33.5. The van der Waals surface area contributed by atoms with Crippen LogP contribution in [0.15, 0.2) is 299 Å². The Bertz CT molecular complexity index is 4960. The summed E-state index contributed by atoms with van der Waals surface area (Å²) in [4.78, 5) is 105. The molecule has 0 atom stereocenters. The van der Waals surface area contributed by atoms with Crippen molar-refractivity contribution in [3.8, 4) is 0 Å². The Kier molecular flexibility index (Phi) is 103. The first-order valence-electron chi connectivity index (χ1n) is 51.2. The minimum absolute atomic E-state index is 0.000689. The fourth-order valence-corrected chi connectivity index (χ4v) is 10.0. The normalized spacial score (nSPS) is 8.91. The van der Waals surface area contributed by atoms with Crippen molar-refractivity contribution in [1.29, 1.82) is 0 Å². The molecule has 0 aliphatic carbocycles. The lowest BCUT2D eigenvalue weighted by Crippen LogP contribution is -2.24. The van der Waals surface area contributed by atoms with Gasteiger partial charge in [0, 0.05) is 139 Å². The van der Waals surface area contributed by atoms with E-state index >= 15 is 0 Å². The molecule has 8 aromatic rings. The van der Waals surface area contributed by atoms with Crippen molar-refractivity contribution in [2.24, 2.45) is 0 Å². The zero-order chi connectivity index (χ0) is 115. The first-order chi connectivity index (χ1) is 69.8. The highest BCUT2D eigenvalue weighted by Crippen LogP contribution is 2.18. The molecule has 816 valence electrons. The van der Waals surface area contributed by atoms with Crippen molar-refractivity contribution in [2.45, 2.75) is 325 Å². The number of rotatable bonds is 24. The molecule has 0 aliphatic rings. The maximum absolute atomic E-state index is 12.7. The van der Waals surface area contributed by atoms with Crippen molar-refractivity contribution in [3.05, 3.63) is 388 Å². The van der Waals surface area contributed by atoms with Crippen molar-refractivity contribution >= 4 is 81.8 Å². The van der Waals surface area contributed by atoms with Crippen LogP contribution in [0.1, 0.15) is 317 Å². The number of carbonyl (C=O) groups is 8. The van der Waals surface area contributed by atoms with Crippen molar-refractivity contribution in [2.75, 3.05) is 28.2 Å². The molecule has 18 nitrogen and oxygen atoms in total. The Labute approximate surface area is 906 Å². The number of nitrogens with zero attached hydrogens (tertiary/aromatic N) is 6. The molecule has 8 aromatic carbocycles. The summed E-state index contributed by atoms with van der Waals surface area (Å²) in [5.41, 5.74) is 17.3. The molecule has 0 fully saturated rings. The van der Waals surface area contributed by atoms with Gasteiger partial charge in [-0.1, -0.05) is 388 Å². The van der Waals surface area contributed by atoms with Crippen LogP contribution >= 0.6 is 23.2 Å². The van der Waals surface area contributed by atoms with Gasteiger partial charge in [0.1, 0.15) is 11.6 Å². The van der Waals surface area contributed by atoms with Gasteiger partial charge in [-0.25, -0.2) is 18.5 Å². The number of amides is 8. The van der Waals surface area contributed by atoms with Gasteiger partial charge in [0.15, 0.2) is 11.4 Å². The van der Waals surface area contributed by atoms with Gasteiger partial charge in [0.2, 0.25) is 47.3 Å². The van der Waals surface area contributed by atoms with Crippen LogP contribution in [0.5, 0.6) is 0 Å². The summed E-state index contributed by atoms with van der Waals surface area (Å²) >= 11 is 11.5. The molecule has 8 rings (SSSR count). The van der Waals surface area contributed by atoms with Gasteiger partial charge in [0.25, 0.3) is 0 Å². The third-order valence-corrected chi connectivity index (χ3v) is 16.4. The van der Waals surface area contributed by atoms with Crippen LogP contribution in [-0.4, -0.2) is 95.0 Å². The van der Waals surface area contributed by atoms with Crippen molar-refractivity contribution < 1.29 is 47.1 Å². The van der Waals surface area contributed by atoms with E-state index < -0.39 is 0 Å². The fourth-order valence-electron chi connectivity index (χ4n) is 9.77. The number of hydrogen-bond acceptors (Lipinski definition) is 8. The summed E-state index contributed by atoms with van der Waals surface area (Å²) in [5, 5.41) is 12.5. The van der Waals surface area contributed by atoms with E-state index in [0.717, 1.165) is 89.1 Å². The fraction of sp³-hybridized carbons (Fsp3) is 0.413. The lowest BCUT2D eigenvalue weighted by atomic mass is 10.2. The highest BCUT2D eigenvalue weighted by atomic mass is 35.5. The first kappa shape index (κ1) is 150. The number of halogens is 4. The average Bonchev–Trinajstić information content (AvgIpc) is 0.884. The molecule has 0 saturated heterocycles. The second-order valence-corrected chi connectivity index (χ2v) is 37.0. The molecule has 0 heterocycles. The minimum atomic E-state index is -0.269. The van der Waals surface area contributed by atoms with Gasteiger partial charge in [-0.2, -0.15) is 0 Å². The van der Waals surface area contributed by atoms with Gasteiger partial charge < -0.3 is 40.9 Å². The van der Waals surface area contributed by atoms with Crippen LogP contribution in [0.4, 0.5) is 20.2 Å². The summed E-state index contributed by atoms with van der Waals surface area (Å²) in [6.07, 6.45) is 22.8. The number of hydrogen-bond donors (Lipinski definition) is 4. The Morgan fingerprint density at radius 1 is 0.243 bits per heavy atom. The topological polar surface area (TPSA) is 206 Å². The summed E-state index contributed by atoms with van der Waals surface area (Å²) < 4.78 is 25.2. The molecule has 0 bridgehead atoms. The van der Waals surface area contributed by atoms with Crippen molar-refractivity contribution in [1.82, 2.24) is 40.9 Å². The Hall–Kier alpha value is -13.1. The predicted molar refractivity (Wildman–Crippen MR) is 630 cm³/mol. The van der Waals surface area contributed by atoms with E-state index in [1.54, 1.807) is 132 Å². The molecule has 0 aromatic heterocycles. The Morgan fingerprint density at radius 2 is 0.392 bits per heavy atom. The first-order valence-corrected chi connectivity index (χ1v) is 51.9. The maximum atomic E-state index is 12.7. The van der Waals surface area contributed by atoms with E-state index in [1.165, 1.54) is 81.7 Å². The second kappa shape index (κ2) is 101. The Balaban J connectivity index is -0.000000244. The molecule has 4 N–H and O–H groups in total. The molecule has 0 spiro atoms. The largest absolute Gasteiger partial charge is 0.348 e. The van der Waals surface area contributed by atoms with E-state index in [-0.39, 0.29) is 58.9 Å². The van der Waals surface area contributed by atoms with Crippen molar-refractivity contribution in [3.63, 3.8) is 0 Å².